The highest BCUT2D eigenvalue weighted by atomic mass is 32.2. The third kappa shape index (κ3) is 5.52. The van der Waals surface area contributed by atoms with E-state index in [1.807, 2.05) is 37.6 Å². The Morgan fingerprint density at radius 3 is 2.04 bits per heavy atom. The standard InChI is InChI=1S/C20H24F3NO2S2/c1-12-6-7-14(3)17(10-12)27-11-18(20(21,22)23)24-28(25,26)19-15(4)8-13(2)9-16(19)5/h6-10,18,24H,11H2,1-5H3. The van der Waals surface area contributed by atoms with Gasteiger partial charge in [-0.2, -0.15) is 17.9 Å². The minimum atomic E-state index is -4.70. The van der Waals surface area contributed by atoms with Crippen LogP contribution in [0.1, 0.15) is 27.8 Å². The van der Waals surface area contributed by atoms with Crippen molar-refractivity contribution in [1.29, 1.82) is 0 Å². The normalized spacial score (nSPS) is 13.6. The second-order valence-electron chi connectivity index (χ2n) is 7.02. The number of benzene rings is 2. The van der Waals surface area contributed by atoms with Crippen LogP contribution < -0.4 is 4.72 Å². The Kier molecular flexibility index (Phi) is 6.89. The minimum absolute atomic E-state index is 0.0934. The zero-order chi connectivity index (χ0) is 21.3. The maximum atomic E-state index is 13.6. The van der Waals surface area contributed by atoms with Gasteiger partial charge in [-0.05, 0) is 57.4 Å². The van der Waals surface area contributed by atoms with Gasteiger partial charge in [0.2, 0.25) is 10.0 Å². The highest BCUT2D eigenvalue weighted by Gasteiger charge is 2.42. The number of aryl methyl sites for hydroxylation is 5. The van der Waals surface area contributed by atoms with Crippen molar-refractivity contribution in [2.45, 2.75) is 56.6 Å². The van der Waals surface area contributed by atoms with Gasteiger partial charge in [0, 0.05) is 10.6 Å². The Bertz CT molecular complexity index is 947. The summed E-state index contributed by atoms with van der Waals surface area (Å²) < 4.78 is 68.1. The molecule has 0 aliphatic rings. The lowest BCUT2D eigenvalue weighted by Gasteiger charge is -2.23. The van der Waals surface area contributed by atoms with E-state index in [1.165, 1.54) is 0 Å². The molecule has 8 heteroatoms. The van der Waals surface area contributed by atoms with Crippen LogP contribution in [0.15, 0.2) is 40.1 Å². The van der Waals surface area contributed by atoms with Crippen molar-refractivity contribution in [2.24, 2.45) is 0 Å². The van der Waals surface area contributed by atoms with Crippen LogP contribution >= 0.6 is 11.8 Å². The molecule has 28 heavy (non-hydrogen) atoms. The number of rotatable bonds is 6. The molecule has 154 valence electrons. The molecular formula is C20H24F3NO2S2. The van der Waals surface area contributed by atoms with Crippen LogP contribution in [0.5, 0.6) is 0 Å². The molecule has 0 radical (unpaired) electrons. The SMILES string of the molecule is Cc1cc(C)c(S(=O)(=O)NC(CSc2cc(C)ccc2C)C(F)(F)F)c(C)c1. The van der Waals surface area contributed by atoms with Gasteiger partial charge in [-0.25, -0.2) is 8.42 Å². The van der Waals surface area contributed by atoms with E-state index in [1.54, 1.807) is 32.0 Å². The first-order valence-corrected chi connectivity index (χ1v) is 11.1. The molecule has 2 aromatic rings. The van der Waals surface area contributed by atoms with Gasteiger partial charge in [0.1, 0.15) is 6.04 Å². The number of sulfonamides is 1. The van der Waals surface area contributed by atoms with Gasteiger partial charge < -0.3 is 0 Å². The Balaban J connectivity index is 2.31. The molecule has 2 aromatic carbocycles. The van der Waals surface area contributed by atoms with Crippen LogP contribution in [-0.2, 0) is 10.0 Å². The van der Waals surface area contributed by atoms with Gasteiger partial charge in [-0.3, -0.25) is 0 Å². The first-order valence-electron chi connectivity index (χ1n) is 8.68. The lowest BCUT2D eigenvalue weighted by molar-refractivity contribution is -0.145. The van der Waals surface area contributed by atoms with Gasteiger partial charge in [-0.15, -0.1) is 11.8 Å². The molecule has 0 heterocycles. The van der Waals surface area contributed by atoms with Gasteiger partial charge in [0.15, 0.2) is 0 Å². The predicted octanol–water partition coefficient (Wildman–Crippen LogP) is 5.23. The van der Waals surface area contributed by atoms with Crippen molar-refractivity contribution in [3.63, 3.8) is 0 Å². The van der Waals surface area contributed by atoms with E-state index >= 15 is 0 Å². The van der Waals surface area contributed by atoms with Crippen molar-refractivity contribution in [3.05, 3.63) is 58.1 Å². The van der Waals surface area contributed by atoms with E-state index in [9.17, 15) is 21.6 Å². The summed E-state index contributed by atoms with van der Waals surface area (Å²) in [4.78, 5) is 0.611. The van der Waals surface area contributed by atoms with E-state index < -0.39 is 28.0 Å². The molecule has 0 spiro atoms. The van der Waals surface area contributed by atoms with Crippen molar-refractivity contribution in [1.82, 2.24) is 4.72 Å². The molecule has 1 atom stereocenters. The molecule has 0 saturated heterocycles. The fourth-order valence-corrected chi connectivity index (χ4v) is 6.03. The summed E-state index contributed by atoms with van der Waals surface area (Å²) in [7, 11) is -4.33. The average molecular weight is 432 g/mol. The number of thioether (sulfide) groups is 1. The van der Waals surface area contributed by atoms with Crippen molar-refractivity contribution in [3.8, 4) is 0 Å². The highest BCUT2D eigenvalue weighted by Crippen LogP contribution is 2.31. The van der Waals surface area contributed by atoms with E-state index in [4.69, 9.17) is 0 Å². The molecule has 0 aliphatic carbocycles. The lowest BCUT2D eigenvalue weighted by atomic mass is 10.1. The molecule has 0 saturated carbocycles. The second-order valence-corrected chi connectivity index (χ2v) is 9.74. The number of alkyl halides is 3. The smallest absolute Gasteiger partial charge is 0.207 e. The Morgan fingerprint density at radius 2 is 1.50 bits per heavy atom. The minimum Gasteiger partial charge on any atom is -0.207 e. The summed E-state index contributed by atoms with van der Waals surface area (Å²) >= 11 is 0.996. The molecule has 1 N–H and O–H groups in total. The molecule has 1 unspecified atom stereocenters. The van der Waals surface area contributed by atoms with Gasteiger partial charge in [0.05, 0.1) is 4.90 Å². The van der Waals surface area contributed by atoms with Crippen molar-refractivity contribution < 1.29 is 21.6 Å². The van der Waals surface area contributed by atoms with Crippen LogP contribution in [0.25, 0.3) is 0 Å². The summed E-state index contributed by atoms with van der Waals surface area (Å²) in [5.41, 5.74) is 3.49. The van der Waals surface area contributed by atoms with Crippen molar-refractivity contribution in [2.75, 3.05) is 5.75 Å². The van der Waals surface area contributed by atoms with Crippen molar-refractivity contribution >= 4 is 21.8 Å². The molecule has 3 nitrogen and oxygen atoms in total. The Hall–Kier alpha value is -1.51. The van der Waals surface area contributed by atoms with E-state index in [0.717, 1.165) is 28.5 Å². The van der Waals surface area contributed by atoms with Crippen LogP contribution in [-0.4, -0.2) is 26.4 Å². The van der Waals surface area contributed by atoms with Gasteiger partial charge in [0.25, 0.3) is 0 Å². The molecule has 0 amide bonds. The van der Waals surface area contributed by atoms with E-state index in [0.29, 0.717) is 16.0 Å². The summed E-state index contributed by atoms with van der Waals surface area (Å²) in [5, 5.41) is 0. The van der Waals surface area contributed by atoms with Gasteiger partial charge in [-0.1, -0.05) is 35.4 Å². The predicted molar refractivity (Wildman–Crippen MR) is 107 cm³/mol. The highest BCUT2D eigenvalue weighted by molar-refractivity contribution is 7.99. The average Bonchev–Trinajstić information content (AvgIpc) is 2.51. The van der Waals surface area contributed by atoms with Crippen LogP contribution in [0.2, 0.25) is 0 Å². The third-order valence-corrected chi connectivity index (χ3v) is 7.34. The maximum Gasteiger partial charge on any atom is 0.405 e. The molecular weight excluding hydrogens is 407 g/mol. The zero-order valence-electron chi connectivity index (χ0n) is 16.4. The number of hydrogen-bond acceptors (Lipinski definition) is 3. The summed E-state index contributed by atoms with van der Waals surface area (Å²) in [6, 6.07) is 6.62. The molecule has 2 rings (SSSR count). The molecule has 0 aromatic heterocycles. The number of nitrogens with one attached hydrogen (secondary N) is 1. The number of hydrogen-bond donors (Lipinski definition) is 1. The number of halogens is 3. The van der Waals surface area contributed by atoms with E-state index in [-0.39, 0.29) is 4.90 Å². The first-order chi connectivity index (χ1) is 12.8. The Morgan fingerprint density at radius 1 is 0.929 bits per heavy atom. The topological polar surface area (TPSA) is 46.2 Å². The summed E-state index contributed by atoms with van der Waals surface area (Å²) in [6.07, 6.45) is -4.70. The molecule has 0 fully saturated rings. The van der Waals surface area contributed by atoms with Crippen LogP contribution in [0, 0.1) is 34.6 Å². The largest absolute Gasteiger partial charge is 0.405 e. The fraction of sp³-hybridized carbons (Fsp3) is 0.400. The molecule has 0 bridgehead atoms. The summed E-state index contributed by atoms with van der Waals surface area (Å²) in [5.74, 6) is -0.447. The fourth-order valence-electron chi connectivity index (χ4n) is 3.07. The summed E-state index contributed by atoms with van der Waals surface area (Å²) in [6.45, 7) is 8.65. The Labute approximate surface area is 168 Å². The first kappa shape index (κ1) is 22.8. The quantitative estimate of drug-likeness (QED) is 0.637. The second kappa shape index (κ2) is 8.47. The zero-order valence-corrected chi connectivity index (χ0v) is 18.1. The maximum absolute atomic E-state index is 13.6. The van der Waals surface area contributed by atoms with Crippen LogP contribution in [0.4, 0.5) is 13.2 Å². The third-order valence-electron chi connectivity index (χ3n) is 4.32. The van der Waals surface area contributed by atoms with E-state index in [2.05, 4.69) is 0 Å². The molecule has 0 aliphatic heterocycles. The van der Waals surface area contributed by atoms with Gasteiger partial charge >= 0.3 is 6.18 Å². The van der Waals surface area contributed by atoms with Crippen LogP contribution in [0.3, 0.4) is 0 Å². The lowest BCUT2D eigenvalue weighted by Crippen LogP contribution is -2.47. The monoisotopic (exact) mass is 431 g/mol.